The molecule has 0 bridgehead atoms. The molecule has 3 heteroatoms. The second-order valence-electron chi connectivity index (χ2n) is 3.80. The van der Waals surface area contributed by atoms with Crippen molar-refractivity contribution in [2.45, 2.75) is 25.3 Å². The zero-order chi connectivity index (χ0) is 7.97. The van der Waals surface area contributed by atoms with Crippen molar-refractivity contribution < 1.29 is 0 Å². The number of imidazole rings is 1. The molecular formula is C9H13N3. The van der Waals surface area contributed by atoms with Gasteiger partial charge < -0.3 is 9.88 Å². The molecule has 0 aromatic carbocycles. The molecule has 0 amide bonds. The van der Waals surface area contributed by atoms with Crippen LogP contribution in [0.2, 0.25) is 0 Å². The van der Waals surface area contributed by atoms with Gasteiger partial charge >= 0.3 is 0 Å². The van der Waals surface area contributed by atoms with Crippen LogP contribution >= 0.6 is 0 Å². The molecule has 2 unspecified atom stereocenters. The highest BCUT2D eigenvalue weighted by Crippen LogP contribution is 2.39. The van der Waals surface area contributed by atoms with Gasteiger partial charge in [0.1, 0.15) is 0 Å². The van der Waals surface area contributed by atoms with E-state index in [9.17, 15) is 0 Å². The smallest absolute Gasteiger partial charge is 0.203 e. The summed E-state index contributed by atoms with van der Waals surface area (Å²) in [5.41, 5.74) is 0. The Labute approximate surface area is 71.8 Å². The molecular weight excluding hydrogens is 150 g/mol. The van der Waals surface area contributed by atoms with E-state index in [0.717, 1.165) is 24.5 Å². The molecule has 64 valence electrons. The van der Waals surface area contributed by atoms with Crippen molar-refractivity contribution in [3.63, 3.8) is 0 Å². The van der Waals surface area contributed by atoms with Crippen molar-refractivity contribution in [3.05, 3.63) is 12.4 Å². The normalized spacial score (nSPS) is 32.3. The Morgan fingerprint density at radius 3 is 3.50 bits per heavy atom. The zero-order valence-corrected chi connectivity index (χ0v) is 7.03. The van der Waals surface area contributed by atoms with Gasteiger partial charge in [-0.1, -0.05) is 6.42 Å². The third-order valence-corrected chi connectivity index (χ3v) is 3.17. The molecule has 3 rings (SSSR count). The summed E-state index contributed by atoms with van der Waals surface area (Å²) in [5, 5.41) is 3.37. The molecule has 0 saturated heterocycles. The van der Waals surface area contributed by atoms with E-state index in [2.05, 4.69) is 21.1 Å². The lowest BCUT2D eigenvalue weighted by Crippen LogP contribution is -2.28. The standard InChI is InChI=1S/C9H13N3/c1-2-7-6-11-9-10-4-5-12(9)8(7)3-1/h4-5,7-8H,1-3,6H2,(H,10,11). The van der Waals surface area contributed by atoms with Crippen LogP contribution in [0.15, 0.2) is 12.4 Å². The third kappa shape index (κ3) is 0.737. The number of anilines is 1. The third-order valence-electron chi connectivity index (χ3n) is 3.17. The molecule has 1 aliphatic carbocycles. The van der Waals surface area contributed by atoms with Crippen molar-refractivity contribution in [3.8, 4) is 0 Å². The Morgan fingerprint density at radius 2 is 2.50 bits per heavy atom. The van der Waals surface area contributed by atoms with Crippen LogP contribution in [0.25, 0.3) is 0 Å². The van der Waals surface area contributed by atoms with E-state index in [0.29, 0.717) is 0 Å². The number of hydrogen-bond acceptors (Lipinski definition) is 2. The summed E-state index contributed by atoms with van der Waals surface area (Å²) < 4.78 is 2.31. The maximum atomic E-state index is 4.27. The highest BCUT2D eigenvalue weighted by molar-refractivity contribution is 5.30. The summed E-state index contributed by atoms with van der Waals surface area (Å²) in [5.74, 6) is 1.92. The first-order chi connectivity index (χ1) is 5.95. The molecule has 1 aromatic rings. The Morgan fingerprint density at radius 1 is 1.50 bits per heavy atom. The molecule has 0 spiro atoms. The molecule has 1 aliphatic heterocycles. The first kappa shape index (κ1) is 6.52. The highest BCUT2D eigenvalue weighted by Gasteiger charge is 2.32. The van der Waals surface area contributed by atoms with Crippen molar-refractivity contribution in [1.29, 1.82) is 0 Å². The summed E-state index contributed by atoms with van der Waals surface area (Å²) in [6.45, 7) is 1.13. The zero-order valence-electron chi connectivity index (χ0n) is 7.03. The number of nitrogens with zero attached hydrogens (tertiary/aromatic N) is 2. The van der Waals surface area contributed by atoms with Crippen molar-refractivity contribution in [2.75, 3.05) is 11.9 Å². The maximum Gasteiger partial charge on any atom is 0.203 e. The Kier molecular flexibility index (Phi) is 1.22. The molecule has 3 nitrogen and oxygen atoms in total. The van der Waals surface area contributed by atoms with Gasteiger partial charge in [-0.2, -0.15) is 0 Å². The minimum Gasteiger partial charge on any atom is -0.355 e. The Balaban J connectivity index is 2.04. The summed E-state index contributed by atoms with van der Waals surface area (Å²) in [4.78, 5) is 4.27. The van der Waals surface area contributed by atoms with Gasteiger partial charge in [0.2, 0.25) is 5.95 Å². The minimum atomic E-state index is 0.740. The second kappa shape index (κ2) is 2.25. The van der Waals surface area contributed by atoms with Crippen LogP contribution in [0, 0.1) is 5.92 Å². The van der Waals surface area contributed by atoms with Crippen molar-refractivity contribution in [1.82, 2.24) is 9.55 Å². The van der Waals surface area contributed by atoms with E-state index >= 15 is 0 Å². The molecule has 1 saturated carbocycles. The Bertz CT molecular complexity index is 292. The van der Waals surface area contributed by atoms with Crippen LogP contribution in [0.5, 0.6) is 0 Å². The Hall–Kier alpha value is -0.990. The van der Waals surface area contributed by atoms with Gasteiger partial charge in [0.05, 0.1) is 0 Å². The SMILES string of the molecule is c1cn2c(n1)NCC1CCCC12. The van der Waals surface area contributed by atoms with Crippen molar-refractivity contribution in [2.24, 2.45) is 5.92 Å². The van der Waals surface area contributed by atoms with Crippen LogP contribution in [0.4, 0.5) is 5.95 Å². The number of aromatic nitrogens is 2. The highest BCUT2D eigenvalue weighted by atomic mass is 15.2. The fourth-order valence-corrected chi connectivity index (χ4v) is 2.56. The lowest BCUT2D eigenvalue weighted by atomic mass is 10.0. The van der Waals surface area contributed by atoms with Gasteiger partial charge in [0.25, 0.3) is 0 Å². The first-order valence-corrected chi connectivity index (χ1v) is 4.72. The topological polar surface area (TPSA) is 29.9 Å². The number of nitrogens with one attached hydrogen (secondary N) is 1. The molecule has 2 heterocycles. The summed E-state index contributed by atoms with van der Waals surface area (Å²) in [7, 11) is 0. The quantitative estimate of drug-likeness (QED) is 0.630. The van der Waals surface area contributed by atoms with E-state index in [1.807, 2.05) is 6.20 Å². The van der Waals surface area contributed by atoms with Crippen LogP contribution in [-0.4, -0.2) is 16.1 Å². The summed E-state index contributed by atoms with van der Waals surface area (Å²) in [6.07, 6.45) is 8.10. The van der Waals surface area contributed by atoms with Gasteiger partial charge in [-0.25, -0.2) is 4.98 Å². The monoisotopic (exact) mass is 163 g/mol. The largest absolute Gasteiger partial charge is 0.355 e. The summed E-state index contributed by atoms with van der Waals surface area (Å²) >= 11 is 0. The van der Waals surface area contributed by atoms with Crippen LogP contribution in [-0.2, 0) is 0 Å². The predicted octanol–water partition coefficient (Wildman–Crippen LogP) is 1.65. The van der Waals surface area contributed by atoms with E-state index in [4.69, 9.17) is 0 Å². The van der Waals surface area contributed by atoms with Gasteiger partial charge in [0.15, 0.2) is 0 Å². The molecule has 1 aromatic heterocycles. The van der Waals surface area contributed by atoms with Crippen LogP contribution in [0.3, 0.4) is 0 Å². The van der Waals surface area contributed by atoms with E-state index < -0.39 is 0 Å². The van der Waals surface area contributed by atoms with E-state index in [1.165, 1.54) is 19.3 Å². The number of hydrogen-bond donors (Lipinski definition) is 1. The average molecular weight is 163 g/mol. The fraction of sp³-hybridized carbons (Fsp3) is 0.667. The lowest BCUT2D eigenvalue weighted by Gasteiger charge is -2.28. The first-order valence-electron chi connectivity index (χ1n) is 4.72. The van der Waals surface area contributed by atoms with Crippen molar-refractivity contribution >= 4 is 5.95 Å². The van der Waals surface area contributed by atoms with Crippen LogP contribution < -0.4 is 5.32 Å². The van der Waals surface area contributed by atoms with Gasteiger partial charge in [-0.15, -0.1) is 0 Å². The average Bonchev–Trinajstić information content (AvgIpc) is 2.71. The molecule has 12 heavy (non-hydrogen) atoms. The van der Waals surface area contributed by atoms with Crippen LogP contribution in [0.1, 0.15) is 25.3 Å². The molecule has 2 aliphatic rings. The predicted molar refractivity (Wildman–Crippen MR) is 47.1 cm³/mol. The fourth-order valence-electron chi connectivity index (χ4n) is 2.56. The molecule has 2 atom stereocenters. The minimum absolute atomic E-state index is 0.740. The van der Waals surface area contributed by atoms with Gasteiger partial charge in [0, 0.05) is 25.0 Å². The number of fused-ring (bicyclic) bond motifs is 3. The lowest BCUT2D eigenvalue weighted by molar-refractivity contribution is 0.376. The summed E-state index contributed by atoms with van der Waals surface area (Å²) in [6, 6.07) is 0.740. The molecule has 0 radical (unpaired) electrons. The van der Waals surface area contributed by atoms with E-state index in [-0.39, 0.29) is 0 Å². The van der Waals surface area contributed by atoms with E-state index in [1.54, 1.807) is 0 Å². The number of rotatable bonds is 0. The van der Waals surface area contributed by atoms with Gasteiger partial charge in [-0.05, 0) is 18.8 Å². The molecule has 1 fully saturated rings. The maximum absolute atomic E-state index is 4.27. The second-order valence-corrected chi connectivity index (χ2v) is 3.80. The van der Waals surface area contributed by atoms with Gasteiger partial charge in [-0.3, -0.25) is 0 Å². The molecule has 1 N–H and O–H groups in total.